The number of halogens is 2. The second-order valence-corrected chi connectivity index (χ2v) is 8.08. The summed E-state index contributed by atoms with van der Waals surface area (Å²) in [6, 6.07) is 4.54. The van der Waals surface area contributed by atoms with Gasteiger partial charge >= 0.3 is 0 Å². The van der Waals surface area contributed by atoms with E-state index in [0.717, 1.165) is 10.6 Å². The minimum absolute atomic E-state index is 0.00792. The third kappa shape index (κ3) is 6.95. The Morgan fingerprint density at radius 1 is 1.22 bits per heavy atom. The van der Waals surface area contributed by atoms with Crippen LogP contribution in [0.5, 0.6) is 0 Å². The van der Waals surface area contributed by atoms with Crippen LogP contribution in [0.15, 0.2) is 18.2 Å². The molecule has 0 aliphatic carbocycles. The van der Waals surface area contributed by atoms with Crippen molar-refractivity contribution in [2.45, 2.75) is 6.42 Å². The number of nitrogens with one attached hydrogen (secondary N) is 1. The van der Waals surface area contributed by atoms with Gasteiger partial charge in [-0.25, -0.2) is 8.42 Å². The van der Waals surface area contributed by atoms with Gasteiger partial charge in [0.15, 0.2) is 0 Å². The second-order valence-electron chi connectivity index (χ2n) is 5.33. The molecule has 1 rings (SSSR count). The van der Waals surface area contributed by atoms with Gasteiger partial charge in [0.25, 0.3) is 0 Å². The van der Waals surface area contributed by atoms with Crippen molar-refractivity contribution in [2.75, 3.05) is 44.3 Å². The number of carbonyl (C=O) groups is 1. The highest BCUT2D eigenvalue weighted by molar-refractivity contribution is 7.92. The van der Waals surface area contributed by atoms with Crippen molar-refractivity contribution in [1.82, 2.24) is 10.2 Å². The lowest BCUT2D eigenvalue weighted by molar-refractivity contribution is -0.120. The van der Waals surface area contributed by atoms with Crippen LogP contribution in [0.2, 0.25) is 10.0 Å². The lowest BCUT2D eigenvalue weighted by atomic mass is 10.3. The summed E-state index contributed by atoms with van der Waals surface area (Å²) in [4.78, 5) is 13.8. The van der Waals surface area contributed by atoms with Crippen molar-refractivity contribution < 1.29 is 13.2 Å². The molecule has 0 bridgehead atoms. The minimum Gasteiger partial charge on any atom is -0.355 e. The fraction of sp³-hybridized carbons (Fsp3) is 0.500. The molecule has 0 radical (unpaired) electrons. The Morgan fingerprint density at radius 3 is 2.39 bits per heavy atom. The van der Waals surface area contributed by atoms with Gasteiger partial charge in [-0.05, 0) is 32.3 Å². The van der Waals surface area contributed by atoms with E-state index in [0.29, 0.717) is 23.8 Å². The van der Waals surface area contributed by atoms with E-state index in [9.17, 15) is 13.2 Å². The summed E-state index contributed by atoms with van der Waals surface area (Å²) in [6.07, 6.45) is 1.11. The Kier molecular flexibility index (Phi) is 7.60. The minimum atomic E-state index is -3.57. The maximum absolute atomic E-state index is 12.0. The number of amides is 1. The van der Waals surface area contributed by atoms with Gasteiger partial charge in [0.2, 0.25) is 15.9 Å². The number of rotatable bonds is 8. The van der Waals surface area contributed by atoms with Gasteiger partial charge in [0.05, 0.1) is 17.0 Å². The summed E-state index contributed by atoms with van der Waals surface area (Å²) in [7, 11) is 0.240. The molecule has 0 aromatic heterocycles. The van der Waals surface area contributed by atoms with Crippen LogP contribution in [-0.4, -0.2) is 59.2 Å². The van der Waals surface area contributed by atoms with Gasteiger partial charge in [-0.3, -0.25) is 9.10 Å². The number of anilines is 1. The fourth-order valence-electron chi connectivity index (χ4n) is 1.86. The Labute approximate surface area is 147 Å². The summed E-state index contributed by atoms with van der Waals surface area (Å²) in [6.45, 7) is 1.23. The molecule has 9 heteroatoms. The van der Waals surface area contributed by atoms with Gasteiger partial charge in [0, 0.05) is 31.1 Å². The molecule has 1 aromatic rings. The molecule has 0 fully saturated rings. The van der Waals surface area contributed by atoms with Crippen molar-refractivity contribution in [3.63, 3.8) is 0 Å². The van der Waals surface area contributed by atoms with Crippen LogP contribution in [0.3, 0.4) is 0 Å². The summed E-state index contributed by atoms with van der Waals surface area (Å²) in [5, 5.41) is 3.37. The lowest BCUT2D eigenvalue weighted by Crippen LogP contribution is -2.36. The Hall–Kier alpha value is -1.02. The molecule has 0 unspecified atom stereocenters. The molecular formula is C14H21Cl2N3O3S. The van der Waals surface area contributed by atoms with E-state index in [1.54, 1.807) is 6.07 Å². The number of hydrogen-bond donors (Lipinski definition) is 1. The number of likely N-dealkylation sites (N-methyl/N-ethyl adjacent to an activating group) is 1. The summed E-state index contributed by atoms with van der Waals surface area (Å²) >= 11 is 11.9. The molecule has 0 aliphatic rings. The highest BCUT2D eigenvalue weighted by Gasteiger charge is 2.21. The number of sulfonamides is 1. The SMILES string of the molecule is CN(C)CCNC(=O)CCN(c1ccc(Cl)cc1Cl)S(C)(=O)=O. The Bertz CT molecular complexity index is 651. The predicted molar refractivity (Wildman–Crippen MR) is 94.8 cm³/mol. The fourth-order valence-corrected chi connectivity index (χ4v) is 3.36. The number of nitrogens with zero attached hydrogens (tertiary/aromatic N) is 2. The molecule has 0 heterocycles. The zero-order valence-corrected chi connectivity index (χ0v) is 15.7. The van der Waals surface area contributed by atoms with Crippen molar-refractivity contribution in [1.29, 1.82) is 0 Å². The highest BCUT2D eigenvalue weighted by atomic mass is 35.5. The lowest BCUT2D eigenvalue weighted by Gasteiger charge is -2.23. The molecule has 1 N–H and O–H groups in total. The van der Waals surface area contributed by atoms with E-state index in [1.807, 2.05) is 19.0 Å². The van der Waals surface area contributed by atoms with Gasteiger partial charge in [-0.15, -0.1) is 0 Å². The zero-order chi connectivity index (χ0) is 17.6. The van der Waals surface area contributed by atoms with Crippen molar-refractivity contribution in [3.8, 4) is 0 Å². The number of carbonyl (C=O) groups excluding carboxylic acids is 1. The predicted octanol–water partition coefficient (Wildman–Crippen LogP) is 1.83. The van der Waals surface area contributed by atoms with Crippen LogP contribution in [-0.2, 0) is 14.8 Å². The van der Waals surface area contributed by atoms with Crippen LogP contribution in [0.4, 0.5) is 5.69 Å². The smallest absolute Gasteiger partial charge is 0.232 e. The molecule has 1 amide bonds. The van der Waals surface area contributed by atoms with Gasteiger partial charge in [0.1, 0.15) is 0 Å². The zero-order valence-electron chi connectivity index (χ0n) is 13.3. The van der Waals surface area contributed by atoms with Gasteiger partial charge in [-0.2, -0.15) is 0 Å². The molecule has 1 aromatic carbocycles. The second kappa shape index (κ2) is 8.73. The molecule has 23 heavy (non-hydrogen) atoms. The standard InChI is InChI=1S/C14H21Cl2N3O3S/c1-18(2)9-7-17-14(20)6-8-19(23(3,21)22)13-5-4-11(15)10-12(13)16/h4-5,10H,6-9H2,1-3H3,(H,17,20). The van der Waals surface area contributed by atoms with E-state index < -0.39 is 10.0 Å². The third-order valence-corrected chi connectivity index (χ3v) is 4.72. The summed E-state index contributed by atoms with van der Waals surface area (Å²) < 4.78 is 25.1. The molecule has 6 nitrogen and oxygen atoms in total. The largest absolute Gasteiger partial charge is 0.355 e. The maximum atomic E-state index is 12.0. The van der Waals surface area contributed by atoms with Crippen LogP contribution in [0.1, 0.15) is 6.42 Å². The molecular weight excluding hydrogens is 361 g/mol. The Morgan fingerprint density at radius 2 is 1.87 bits per heavy atom. The molecule has 0 spiro atoms. The average molecular weight is 382 g/mol. The van der Waals surface area contributed by atoms with Crippen LogP contribution < -0.4 is 9.62 Å². The van der Waals surface area contributed by atoms with Crippen LogP contribution in [0.25, 0.3) is 0 Å². The van der Waals surface area contributed by atoms with E-state index in [2.05, 4.69) is 5.32 Å². The molecule has 0 atom stereocenters. The van der Waals surface area contributed by atoms with Crippen molar-refractivity contribution in [2.24, 2.45) is 0 Å². The van der Waals surface area contributed by atoms with Gasteiger partial charge < -0.3 is 10.2 Å². The van der Waals surface area contributed by atoms with Crippen molar-refractivity contribution >= 4 is 44.8 Å². The number of benzene rings is 1. The molecule has 0 aliphatic heterocycles. The molecule has 0 saturated carbocycles. The topological polar surface area (TPSA) is 69.7 Å². The van der Waals surface area contributed by atoms with E-state index in [1.165, 1.54) is 12.1 Å². The summed E-state index contributed by atoms with van der Waals surface area (Å²) in [5.74, 6) is -0.217. The van der Waals surface area contributed by atoms with Crippen molar-refractivity contribution in [3.05, 3.63) is 28.2 Å². The first-order chi connectivity index (χ1) is 10.6. The first-order valence-corrected chi connectivity index (χ1v) is 9.56. The maximum Gasteiger partial charge on any atom is 0.232 e. The number of hydrogen-bond acceptors (Lipinski definition) is 4. The Balaban J connectivity index is 2.76. The molecule has 130 valence electrons. The van der Waals surface area contributed by atoms with E-state index in [-0.39, 0.29) is 23.9 Å². The van der Waals surface area contributed by atoms with E-state index >= 15 is 0 Å². The van der Waals surface area contributed by atoms with Crippen LogP contribution >= 0.6 is 23.2 Å². The monoisotopic (exact) mass is 381 g/mol. The first kappa shape index (κ1) is 20.0. The van der Waals surface area contributed by atoms with Crippen LogP contribution in [0, 0.1) is 0 Å². The normalized spacial score (nSPS) is 11.6. The highest BCUT2D eigenvalue weighted by Crippen LogP contribution is 2.30. The first-order valence-electron chi connectivity index (χ1n) is 6.95. The molecule has 0 saturated heterocycles. The van der Waals surface area contributed by atoms with Gasteiger partial charge in [-0.1, -0.05) is 23.2 Å². The third-order valence-electron chi connectivity index (χ3n) is 3.00. The van der Waals surface area contributed by atoms with E-state index in [4.69, 9.17) is 23.2 Å². The average Bonchev–Trinajstić information content (AvgIpc) is 2.39. The summed E-state index contributed by atoms with van der Waals surface area (Å²) in [5.41, 5.74) is 0.305. The quantitative estimate of drug-likeness (QED) is 0.745.